The second-order valence-electron chi connectivity index (χ2n) is 10.8. The Balaban J connectivity index is 1.93. The van der Waals surface area contributed by atoms with Crippen molar-refractivity contribution in [2.24, 2.45) is 16.0 Å². The fourth-order valence-corrected chi connectivity index (χ4v) is 5.54. The molecule has 0 amide bonds. The summed E-state index contributed by atoms with van der Waals surface area (Å²) in [4.78, 5) is 12.3. The number of halogens is 1. The lowest BCUT2D eigenvalue weighted by molar-refractivity contribution is 0.219. The predicted octanol–water partition coefficient (Wildman–Crippen LogP) is 8.48. The van der Waals surface area contributed by atoms with Crippen molar-refractivity contribution in [3.05, 3.63) is 94.2 Å². The average molecular weight is 664 g/mol. The Morgan fingerprint density at radius 2 is 2.00 bits per heavy atom. The molecule has 0 aliphatic carbocycles. The number of aliphatic hydroxyl groups excluding tert-OH is 1. The lowest BCUT2D eigenvalue weighted by atomic mass is 10.0. The van der Waals surface area contributed by atoms with Gasteiger partial charge < -0.3 is 20.1 Å². The first kappa shape index (κ1) is 34.8. The summed E-state index contributed by atoms with van der Waals surface area (Å²) in [6, 6.07) is 8.07. The summed E-state index contributed by atoms with van der Waals surface area (Å²) in [6.45, 7) is 18.1. The zero-order valence-corrected chi connectivity index (χ0v) is 28.6. The molecule has 0 radical (unpaired) electrons. The number of pyridine rings is 1. The van der Waals surface area contributed by atoms with E-state index in [0.717, 1.165) is 83.0 Å². The van der Waals surface area contributed by atoms with Gasteiger partial charge in [-0.3, -0.25) is 0 Å². The maximum atomic E-state index is 10.0. The molecule has 9 heteroatoms. The van der Waals surface area contributed by atoms with Crippen LogP contribution in [0, 0.1) is 19.8 Å². The van der Waals surface area contributed by atoms with E-state index in [0.29, 0.717) is 11.6 Å². The van der Waals surface area contributed by atoms with Gasteiger partial charge in [-0.15, -0.1) is 0 Å². The van der Waals surface area contributed by atoms with Crippen LogP contribution in [-0.4, -0.2) is 46.8 Å². The number of allylic oxidation sites excluding steroid dienone is 3. The van der Waals surface area contributed by atoms with Crippen LogP contribution in [0.3, 0.4) is 0 Å². The summed E-state index contributed by atoms with van der Waals surface area (Å²) in [5.74, 6) is 3.14. The summed E-state index contributed by atoms with van der Waals surface area (Å²) in [7, 11) is 0. The van der Waals surface area contributed by atoms with E-state index in [1.165, 1.54) is 0 Å². The lowest BCUT2D eigenvalue weighted by Gasteiger charge is -2.29. The van der Waals surface area contributed by atoms with E-state index in [1.54, 1.807) is 11.2 Å². The van der Waals surface area contributed by atoms with Crippen LogP contribution in [0.25, 0.3) is 0 Å². The van der Waals surface area contributed by atoms with Crippen molar-refractivity contribution in [2.75, 3.05) is 29.9 Å². The van der Waals surface area contributed by atoms with E-state index in [-0.39, 0.29) is 12.5 Å². The Kier molecular flexibility index (Phi) is 13.9. The molecule has 1 atom stereocenters. The zero-order valence-electron chi connectivity index (χ0n) is 27.0. The predicted molar refractivity (Wildman–Crippen MR) is 188 cm³/mol. The molecule has 1 unspecified atom stereocenters. The van der Waals surface area contributed by atoms with Gasteiger partial charge in [0.15, 0.2) is 5.84 Å². The number of rotatable bonds is 15. The number of nitrogens with one attached hydrogen (secondary N) is 1. The van der Waals surface area contributed by atoms with Crippen molar-refractivity contribution < 1.29 is 9.84 Å². The van der Waals surface area contributed by atoms with Crippen LogP contribution in [0.2, 0.25) is 0 Å². The third-order valence-corrected chi connectivity index (χ3v) is 7.62. The van der Waals surface area contributed by atoms with Gasteiger partial charge in [0.25, 0.3) is 0 Å². The van der Waals surface area contributed by atoms with E-state index in [1.807, 2.05) is 69.6 Å². The number of ether oxygens (including phenoxy) is 1. The molecule has 0 saturated carbocycles. The second kappa shape index (κ2) is 17.6. The Morgan fingerprint density at radius 1 is 1.20 bits per heavy atom. The maximum absolute atomic E-state index is 10.0. The summed E-state index contributed by atoms with van der Waals surface area (Å²) in [5, 5.41) is 19.5. The first-order chi connectivity index (χ1) is 21.2. The van der Waals surface area contributed by atoms with E-state index in [9.17, 15) is 5.11 Å². The number of hydrogen-bond donors (Lipinski definition) is 2. The molecule has 0 spiro atoms. The average Bonchev–Trinajstić information content (AvgIpc) is 2.99. The first-order valence-corrected chi connectivity index (χ1v) is 16.2. The fraction of sp³-hybridized carbons (Fsp3) is 0.400. The Morgan fingerprint density at radius 3 is 2.64 bits per heavy atom. The highest BCUT2D eigenvalue weighted by Gasteiger charge is 2.20. The maximum Gasteiger partial charge on any atom is 0.156 e. The molecule has 1 aliphatic rings. The highest BCUT2D eigenvalue weighted by molar-refractivity contribution is 9.10. The minimum atomic E-state index is 0.160. The van der Waals surface area contributed by atoms with Crippen LogP contribution in [0.15, 0.2) is 87.5 Å². The van der Waals surface area contributed by atoms with Crippen LogP contribution in [0.4, 0.5) is 11.5 Å². The van der Waals surface area contributed by atoms with Gasteiger partial charge in [0.2, 0.25) is 0 Å². The molecular weight excluding hydrogens is 616 g/mol. The molecule has 236 valence electrons. The van der Waals surface area contributed by atoms with E-state index < -0.39 is 0 Å². The van der Waals surface area contributed by atoms with Crippen molar-refractivity contribution in [1.29, 1.82) is 0 Å². The molecular formula is C35H47BrN6O2. The fourth-order valence-electron chi connectivity index (χ4n) is 4.86. The number of nitrogens with zero attached hydrogens (tertiary/aromatic N) is 5. The number of hydrazone groups is 1. The van der Waals surface area contributed by atoms with Crippen LogP contribution < -0.4 is 15.0 Å². The molecule has 1 aromatic carbocycles. The largest absolute Gasteiger partial charge is 0.457 e. The van der Waals surface area contributed by atoms with E-state index >= 15 is 0 Å². The summed E-state index contributed by atoms with van der Waals surface area (Å²) < 4.78 is 7.12. The quantitative estimate of drug-likeness (QED) is 0.147. The lowest BCUT2D eigenvalue weighted by Crippen LogP contribution is -2.33. The van der Waals surface area contributed by atoms with Crippen LogP contribution in [0.5, 0.6) is 5.75 Å². The highest BCUT2D eigenvalue weighted by atomic mass is 79.9. The Hall–Kier alpha value is -3.69. The van der Waals surface area contributed by atoms with Crippen molar-refractivity contribution in [2.45, 2.75) is 67.2 Å². The molecule has 8 nitrogen and oxygen atoms in total. The number of amidine groups is 1. The van der Waals surface area contributed by atoms with Gasteiger partial charge in [-0.05, 0) is 103 Å². The molecule has 2 aromatic rings. The Bertz CT molecular complexity index is 1430. The van der Waals surface area contributed by atoms with Crippen molar-refractivity contribution in [3.8, 4) is 5.75 Å². The summed E-state index contributed by atoms with van der Waals surface area (Å²) >= 11 is 3.78. The number of anilines is 2. The van der Waals surface area contributed by atoms with Gasteiger partial charge >= 0.3 is 0 Å². The number of aromatic nitrogens is 1. The monoisotopic (exact) mass is 662 g/mol. The number of benzene rings is 1. The standard InChI is InChI=1S/C35H47BrN6O2/c1-8-12-17-37-34(33-26(6)21-31(36)35(40-33)41(18-10-3)23-28(24-43)13-9-2)39-29-14-15-32(25(5)20-29)44-30-16-19-42(38-11-4)27(7)22-30/h11-12,14-17,19-22,28,43H,7-10,13,18,23-24H2,1-6H3,(H,37,39)/b17-12+,38-11-. The van der Waals surface area contributed by atoms with E-state index in [4.69, 9.17) is 14.7 Å². The minimum absolute atomic E-state index is 0.160. The summed E-state index contributed by atoms with van der Waals surface area (Å²) in [5.41, 5.74) is 4.33. The normalized spacial score (nSPS) is 14.5. The SMILES string of the molecule is C=C1C=C(Oc2ccc(NC(=N/C=C/CC)c3nc(N(CCC)CC(CO)CCC)c(Br)cc3C)cc2C)C=CN1/N=C\C. The summed E-state index contributed by atoms with van der Waals surface area (Å²) in [6.07, 6.45) is 15.0. The minimum Gasteiger partial charge on any atom is -0.457 e. The second-order valence-corrected chi connectivity index (χ2v) is 11.6. The van der Waals surface area contributed by atoms with Gasteiger partial charge in [0.05, 0.1) is 10.2 Å². The molecule has 1 aliphatic heterocycles. The number of hydrogen-bond acceptors (Lipinski definition) is 7. The van der Waals surface area contributed by atoms with Crippen LogP contribution >= 0.6 is 15.9 Å². The molecule has 0 saturated heterocycles. The Labute approximate surface area is 271 Å². The van der Waals surface area contributed by atoms with Gasteiger partial charge in [-0.2, -0.15) is 5.10 Å². The van der Waals surface area contributed by atoms with Gasteiger partial charge in [0.1, 0.15) is 23.0 Å². The third kappa shape index (κ3) is 9.66. The van der Waals surface area contributed by atoms with E-state index in [2.05, 4.69) is 64.7 Å². The molecule has 2 heterocycles. The van der Waals surface area contributed by atoms with Crippen LogP contribution in [-0.2, 0) is 0 Å². The van der Waals surface area contributed by atoms with Crippen LogP contribution in [0.1, 0.15) is 70.2 Å². The van der Waals surface area contributed by atoms with Crippen molar-refractivity contribution >= 4 is 39.5 Å². The smallest absolute Gasteiger partial charge is 0.156 e. The molecule has 0 bridgehead atoms. The number of aliphatic imine (C=N–C) groups is 1. The van der Waals surface area contributed by atoms with Gasteiger partial charge in [-0.25, -0.2) is 15.0 Å². The first-order valence-electron chi connectivity index (χ1n) is 15.4. The molecule has 3 rings (SSSR count). The topological polar surface area (TPSA) is 85.6 Å². The molecule has 0 fully saturated rings. The van der Waals surface area contributed by atoms with Gasteiger partial charge in [0, 0.05) is 50.1 Å². The third-order valence-electron chi connectivity index (χ3n) is 7.03. The number of aliphatic hydroxyl groups is 1. The molecule has 44 heavy (non-hydrogen) atoms. The van der Waals surface area contributed by atoms with Gasteiger partial charge in [-0.1, -0.05) is 39.8 Å². The molecule has 2 N–H and O–H groups in total. The van der Waals surface area contributed by atoms with Crippen molar-refractivity contribution in [1.82, 2.24) is 9.99 Å². The highest BCUT2D eigenvalue weighted by Crippen LogP contribution is 2.30. The molecule has 1 aromatic heterocycles. The van der Waals surface area contributed by atoms with Crippen molar-refractivity contribution in [3.63, 3.8) is 0 Å². The zero-order chi connectivity index (χ0) is 32.1. The number of aryl methyl sites for hydroxylation is 2.